The number of hydrogen-bond acceptors (Lipinski definition) is 4. The van der Waals surface area contributed by atoms with Crippen LogP contribution in [0.4, 0.5) is 5.82 Å². The first-order valence-electron chi connectivity index (χ1n) is 10.5. The van der Waals surface area contributed by atoms with Crippen molar-refractivity contribution in [2.24, 2.45) is 5.92 Å². The molecule has 4 rings (SSSR count). The van der Waals surface area contributed by atoms with Crippen molar-refractivity contribution in [3.8, 4) is 5.75 Å². The van der Waals surface area contributed by atoms with Gasteiger partial charge in [-0.25, -0.2) is 4.98 Å². The Hall–Kier alpha value is -3.67. The fraction of sp³-hybridized carbons (Fsp3) is 0.240. The highest BCUT2D eigenvalue weighted by atomic mass is 16.3. The molecule has 2 heterocycles. The maximum Gasteiger partial charge on any atom is 0.257 e. The molecule has 1 aliphatic rings. The molecule has 1 aromatic heterocycles. The highest BCUT2D eigenvalue weighted by Crippen LogP contribution is 2.25. The Kier molecular flexibility index (Phi) is 6.26. The Balaban J connectivity index is 1.38. The molecule has 6 heteroatoms. The van der Waals surface area contributed by atoms with Crippen LogP contribution < -0.4 is 5.32 Å². The lowest BCUT2D eigenvalue weighted by Gasteiger charge is -2.31. The maximum absolute atomic E-state index is 13.0. The normalized spacial score (nSPS) is 14.3. The minimum atomic E-state index is -0.198. The number of aromatic nitrogens is 1. The van der Waals surface area contributed by atoms with Crippen LogP contribution in [0.2, 0.25) is 0 Å². The van der Waals surface area contributed by atoms with Gasteiger partial charge in [0.1, 0.15) is 11.6 Å². The van der Waals surface area contributed by atoms with E-state index in [2.05, 4.69) is 10.3 Å². The summed E-state index contributed by atoms with van der Waals surface area (Å²) in [6.45, 7) is 0.947. The number of amides is 2. The smallest absolute Gasteiger partial charge is 0.257 e. The molecular weight excluding hydrogens is 390 g/mol. The number of benzene rings is 2. The zero-order valence-electron chi connectivity index (χ0n) is 17.2. The average molecular weight is 415 g/mol. The van der Waals surface area contributed by atoms with Gasteiger partial charge in [-0.2, -0.15) is 0 Å². The van der Waals surface area contributed by atoms with E-state index in [9.17, 15) is 14.7 Å². The second-order valence-corrected chi connectivity index (χ2v) is 7.78. The largest absolute Gasteiger partial charge is 0.507 e. The first-order chi connectivity index (χ1) is 15.1. The summed E-state index contributed by atoms with van der Waals surface area (Å²) in [5.74, 6) is 0.0848. The number of nitrogens with one attached hydrogen (secondary N) is 1. The Morgan fingerprint density at radius 1 is 0.968 bits per heavy atom. The molecule has 2 amide bonds. The molecule has 0 unspecified atom stereocenters. The molecule has 0 saturated carbocycles. The number of rotatable bonds is 5. The van der Waals surface area contributed by atoms with Crippen molar-refractivity contribution in [2.45, 2.75) is 19.3 Å². The van der Waals surface area contributed by atoms with Gasteiger partial charge in [0.05, 0.1) is 5.56 Å². The lowest BCUT2D eigenvalue weighted by Crippen LogP contribution is -2.41. The highest BCUT2D eigenvalue weighted by molar-refractivity contribution is 5.97. The molecule has 2 N–H and O–H groups in total. The van der Waals surface area contributed by atoms with E-state index < -0.39 is 0 Å². The van der Waals surface area contributed by atoms with Crippen molar-refractivity contribution in [1.29, 1.82) is 0 Å². The van der Waals surface area contributed by atoms with E-state index in [1.165, 1.54) is 0 Å². The Morgan fingerprint density at radius 3 is 2.42 bits per heavy atom. The van der Waals surface area contributed by atoms with Crippen LogP contribution in [0.15, 0.2) is 72.9 Å². The number of pyridine rings is 1. The third-order valence-corrected chi connectivity index (χ3v) is 5.61. The van der Waals surface area contributed by atoms with E-state index in [0.717, 1.165) is 11.1 Å². The van der Waals surface area contributed by atoms with Crippen LogP contribution in [0.3, 0.4) is 0 Å². The summed E-state index contributed by atoms with van der Waals surface area (Å²) < 4.78 is 0. The van der Waals surface area contributed by atoms with E-state index in [1.807, 2.05) is 42.5 Å². The van der Waals surface area contributed by atoms with Crippen molar-refractivity contribution in [1.82, 2.24) is 9.88 Å². The summed E-state index contributed by atoms with van der Waals surface area (Å²) in [4.78, 5) is 31.4. The monoisotopic (exact) mass is 415 g/mol. The summed E-state index contributed by atoms with van der Waals surface area (Å²) >= 11 is 0. The summed E-state index contributed by atoms with van der Waals surface area (Å²) in [5.41, 5.74) is 2.42. The minimum absolute atomic E-state index is 0.0168. The molecule has 0 spiro atoms. The van der Waals surface area contributed by atoms with Crippen LogP contribution in [0.5, 0.6) is 5.75 Å². The van der Waals surface area contributed by atoms with Gasteiger partial charge >= 0.3 is 0 Å². The lowest BCUT2D eigenvalue weighted by molar-refractivity contribution is -0.121. The highest BCUT2D eigenvalue weighted by Gasteiger charge is 2.29. The van der Waals surface area contributed by atoms with Gasteiger partial charge in [0.25, 0.3) is 5.91 Å². The van der Waals surface area contributed by atoms with Gasteiger partial charge in [0.15, 0.2) is 0 Å². The molecule has 2 aromatic carbocycles. The first kappa shape index (κ1) is 20.6. The molecule has 1 aliphatic heterocycles. The Morgan fingerprint density at radius 2 is 1.71 bits per heavy atom. The van der Waals surface area contributed by atoms with Crippen LogP contribution in [0, 0.1) is 5.92 Å². The predicted molar refractivity (Wildman–Crippen MR) is 119 cm³/mol. The molecule has 0 aliphatic carbocycles. The summed E-state index contributed by atoms with van der Waals surface area (Å²) in [6.07, 6.45) is 3.48. The SMILES string of the molecule is O=C(Nc1ccccn1)C1CCN(C(=O)c2cc(Cc3ccccc3)ccc2O)CC1. The van der Waals surface area contributed by atoms with Crippen LogP contribution in [-0.4, -0.2) is 39.9 Å². The van der Waals surface area contributed by atoms with Gasteiger partial charge in [-0.3, -0.25) is 9.59 Å². The molecule has 1 saturated heterocycles. The van der Waals surface area contributed by atoms with Gasteiger partial charge < -0.3 is 15.3 Å². The number of phenolic OH excluding ortho intramolecular Hbond substituents is 1. The molecule has 3 aromatic rings. The molecule has 1 fully saturated rings. The number of likely N-dealkylation sites (tertiary alicyclic amines) is 1. The second-order valence-electron chi connectivity index (χ2n) is 7.78. The Bertz CT molecular complexity index is 1050. The molecule has 0 radical (unpaired) electrons. The zero-order valence-corrected chi connectivity index (χ0v) is 17.2. The summed E-state index contributed by atoms with van der Waals surface area (Å²) in [5, 5.41) is 13.1. The minimum Gasteiger partial charge on any atom is -0.507 e. The third-order valence-electron chi connectivity index (χ3n) is 5.61. The van der Waals surface area contributed by atoms with Crippen molar-refractivity contribution in [3.63, 3.8) is 0 Å². The number of phenols is 1. The van der Waals surface area contributed by atoms with E-state index in [4.69, 9.17) is 0 Å². The lowest BCUT2D eigenvalue weighted by atomic mass is 9.95. The van der Waals surface area contributed by atoms with E-state index in [-0.39, 0.29) is 23.5 Å². The Labute approximate surface area is 181 Å². The first-order valence-corrected chi connectivity index (χ1v) is 10.5. The molecular formula is C25H25N3O3. The average Bonchev–Trinajstić information content (AvgIpc) is 2.81. The van der Waals surface area contributed by atoms with Crippen molar-refractivity contribution < 1.29 is 14.7 Å². The summed E-state index contributed by atoms with van der Waals surface area (Å²) in [7, 11) is 0. The zero-order chi connectivity index (χ0) is 21.6. The number of hydrogen-bond donors (Lipinski definition) is 2. The molecule has 31 heavy (non-hydrogen) atoms. The van der Waals surface area contributed by atoms with Crippen molar-refractivity contribution in [2.75, 3.05) is 18.4 Å². The number of carbonyl (C=O) groups is 2. The van der Waals surface area contributed by atoms with Crippen LogP contribution in [0.25, 0.3) is 0 Å². The van der Waals surface area contributed by atoms with Gasteiger partial charge in [0.2, 0.25) is 5.91 Å². The fourth-order valence-corrected chi connectivity index (χ4v) is 3.88. The van der Waals surface area contributed by atoms with Crippen LogP contribution in [0.1, 0.15) is 34.3 Å². The third kappa shape index (κ3) is 5.09. The van der Waals surface area contributed by atoms with Gasteiger partial charge in [-0.15, -0.1) is 0 Å². The number of aromatic hydroxyl groups is 1. The number of anilines is 1. The fourth-order valence-electron chi connectivity index (χ4n) is 3.88. The maximum atomic E-state index is 13.0. The quantitative estimate of drug-likeness (QED) is 0.663. The molecule has 0 bridgehead atoms. The second kappa shape index (κ2) is 9.43. The standard InChI is InChI=1S/C25H25N3O3/c29-22-10-9-19(16-18-6-2-1-3-7-18)17-21(22)25(31)28-14-11-20(12-15-28)24(30)27-23-8-4-5-13-26-23/h1-10,13,17,20,29H,11-12,14-16H2,(H,26,27,30). The number of piperidine rings is 1. The number of carbonyl (C=O) groups excluding carboxylic acids is 2. The molecule has 0 atom stereocenters. The van der Waals surface area contributed by atoms with Gasteiger partial charge in [-0.1, -0.05) is 42.5 Å². The summed E-state index contributed by atoms with van der Waals surface area (Å²) in [6, 6.07) is 20.6. The number of nitrogens with zero attached hydrogens (tertiary/aromatic N) is 2. The van der Waals surface area contributed by atoms with Crippen molar-refractivity contribution in [3.05, 3.63) is 89.6 Å². The van der Waals surface area contributed by atoms with E-state index in [1.54, 1.807) is 35.4 Å². The van der Waals surface area contributed by atoms with E-state index in [0.29, 0.717) is 43.7 Å². The predicted octanol–water partition coefficient (Wildman–Crippen LogP) is 3.87. The topological polar surface area (TPSA) is 82.5 Å². The molecule has 158 valence electrons. The van der Waals surface area contributed by atoms with E-state index >= 15 is 0 Å². The van der Waals surface area contributed by atoms with Crippen molar-refractivity contribution >= 4 is 17.6 Å². The molecule has 6 nitrogen and oxygen atoms in total. The van der Waals surface area contributed by atoms with Crippen LogP contribution >= 0.6 is 0 Å². The van der Waals surface area contributed by atoms with Crippen LogP contribution in [-0.2, 0) is 11.2 Å². The van der Waals surface area contributed by atoms with Gasteiger partial charge in [0, 0.05) is 25.2 Å². The van der Waals surface area contributed by atoms with Gasteiger partial charge in [-0.05, 0) is 54.7 Å².